The predicted molar refractivity (Wildman–Crippen MR) is 103 cm³/mol. The number of ether oxygens (including phenoxy) is 1. The molecule has 1 amide bonds. The normalized spacial score (nSPS) is 22.7. The lowest BCUT2D eigenvalue weighted by Crippen LogP contribution is -2.60. The molecule has 0 aliphatic carbocycles. The average molecular weight is 421 g/mol. The zero-order chi connectivity index (χ0) is 21.4. The van der Waals surface area contributed by atoms with Gasteiger partial charge in [0.05, 0.1) is 29.1 Å². The topological polar surface area (TPSA) is 73.8 Å². The molecule has 3 heterocycles. The van der Waals surface area contributed by atoms with E-state index in [0.717, 1.165) is 12.1 Å². The number of hydrogen-bond acceptors (Lipinski definition) is 5. The highest BCUT2D eigenvalue weighted by Gasteiger charge is 2.41. The summed E-state index contributed by atoms with van der Waals surface area (Å²) in [5.74, 6) is -0.370. The van der Waals surface area contributed by atoms with E-state index in [1.165, 1.54) is 6.07 Å². The van der Waals surface area contributed by atoms with Crippen molar-refractivity contribution in [3.63, 3.8) is 0 Å². The minimum absolute atomic E-state index is 0.217. The maximum atomic E-state index is 13.2. The van der Waals surface area contributed by atoms with Gasteiger partial charge in [0.25, 0.3) is 5.91 Å². The van der Waals surface area contributed by atoms with Crippen molar-refractivity contribution >= 4 is 11.6 Å². The van der Waals surface area contributed by atoms with Gasteiger partial charge in [-0.1, -0.05) is 18.2 Å². The third-order valence-electron chi connectivity index (χ3n) is 5.57. The van der Waals surface area contributed by atoms with Crippen LogP contribution in [0.15, 0.2) is 54.4 Å². The molecule has 30 heavy (non-hydrogen) atoms. The first-order valence-corrected chi connectivity index (χ1v) is 9.65. The molecule has 9 heteroatoms. The molecule has 160 valence electrons. The highest BCUT2D eigenvalue weighted by Crippen LogP contribution is 2.35. The number of alkyl halides is 3. The molecule has 4 rings (SSSR count). The van der Waals surface area contributed by atoms with Gasteiger partial charge in [0, 0.05) is 25.0 Å². The molecule has 1 fully saturated rings. The number of amides is 1. The summed E-state index contributed by atoms with van der Waals surface area (Å²) in [5.41, 5.74) is -0.158. The number of carbonyl (C=O) groups is 1. The number of aliphatic hydroxyl groups excluding tert-OH is 1. The van der Waals surface area contributed by atoms with Gasteiger partial charge in [-0.15, -0.1) is 0 Å². The fraction of sp³-hybridized carbons (Fsp3) is 0.381. The highest BCUT2D eigenvalue weighted by molar-refractivity contribution is 5.88. The number of rotatable bonds is 4. The summed E-state index contributed by atoms with van der Waals surface area (Å²) in [6.07, 6.45) is 2.60. The highest BCUT2D eigenvalue weighted by atomic mass is 19.4. The third-order valence-corrected chi connectivity index (χ3v) is 5.57. The molecule has 1 unspecified atom stereocenters. The van der Waals surface area contributed by atoms with Crippen LogP contribution in [0.2, 0.25) is 0 Å². The van der Waals surface area contributed by atoms with Crippen molar-refractivity contribution in [3.8, 4) is 0 Å². The molecular formula is C21H22F3N3O3. The van der Waals surface area contributed by atoms with E-state index in [4.69, 9.17) is 4.74 Å². The lowest BCUT2D eigenvalue weighted by Gasteiger charge is -2.38. The van der Waals surface area contributed by atoms with Crippen LogP contribution in [0.4, 0.5) is 13.2 Å². The fourth-order valence-electron chi connectivity index (χ4n) is 3.86. The Hall–Kier alpha value is -2.78. The molecule has 0 radical (unpaired) electrons. The Morgan fingerprint density at radius 3 is 2.77 bits per heavy atom. The van der Waals surface area contributed by atoms with E-state index in [2.05, 4.69) is 10.6 Å². The van der Waals surface area contributed by atoms with Crippen LogP contribution in [0.25, 0.3) is 5.70 Å². The van der Waals surface area contributed by atoms with Crippen molar-refractivity contribution in [2.24, 2.45) is 0 Å². The summed E-state index contributed by atoms with van der Waals surface area (Å²) >= 11 is 0. The van der Waals surface area contributed by atoms with Crippen LogP contribution in [0.3, 0.4) is 0 Å². The first-order valence-electron chi connectivity index (χ1n) is 9.65. The van der Waals surface area contributed by atoms with Gasteiger partial charge in [-0.2, -0.15) is 13.2 Å². The second-order valence-electron chi connectivity index (χ2n) is 7.53. The molecule has 1 aromatic rings. The first kappa shape index (κ1) is 20.5. The molecule has 3 aliphatic rings. The lowest BCUT2D eigenvalue weighted by molar-refractivity contribution is -0.137. The van der Waals surface area contributed by atoms with E-state index >= 15 is 0 Å². The van der Waals surface area contributed by atoms with Crippen LogP contribution < -0.4 is 10.6 Å². The number of hydrogen-bond donors (Lipinski definition) is 3. The summed E-state index contributed by atoms with van der Waals surface area (Å²) in [6, 6.07) is 4.99. The number of benzene rings is 1. The molecule has 0 spiro atoms. The summed E-state index contributed by atoms with van der Waals surface area (Å²) in [5, 5.41) is 15.9. The molecule has 0 saturated carbocycles. The molecule has 1 aromatic carbocycles. The smallest absolute Gasteiger partial charge is 0.394 e. The average Bonchev–Trinajstić information content (AvgIpc) is 3.14. The molecule has 1 atom stereocenters. The van der Waals surface area contributed by atoms with Gasteiger partial charge in [-0.05, 0) is 37.1 Å². The summed E-state index contributed by atoms with van der Waals surface area (Å²) in [4.78, 5) is 14.8. The van der Waals surface area contributed by atoms with Crippen LogP contribution >= 0.6 is 0 Å². The number of carbonyl (C=O) groups excluding carboxylic acids is 1. The number of allylic oxidation sites excluding steroid dienone is 3. The summed E-state index contributed by atoms with van der Waals surface area (Å²) in [6.45, 7) is 0.653. The van der Waals surface area contributed by atoms with E-state index in [1.807, 2.05) is 0 Å². The van der Waals surface area contributed by atoms with Gasteiger partial charge >= 0.3 is 6.18 Å². The lowest BCUT2D eigenvalue weighted by atomic mass is 9.91. The van der Waals surface area contributed by atoms with E-state index < -0.39 is 23.4 Å². The van der Waals surface area contributed by atoms with Crippen LogP contribution in [0.1, 0.15) is 24.0 Å². The number of nitrogens with one attached hydrogen (secondary N) is 2. The Morgan fingerprint density at radius 2 is 2.07 bits per heavy atom. The summed E-state index contributed by atoms with van der Waals surface area (Å²) in [7, 11) is 0. The minimum atomic E-state index is -4.46. The molecule has 0 aromatic heterocycles. The maximum Gasteiger partial charge on any atom is 0.416 e. The number of halogens is 3. The maximum absolute atomic E-state index is 13.2. The minimum Gasteiger partial charge on any atom is -0.394 e. The molecule has 3 N–H and O–H groups in total. The number of fused-ring (bicyclic) bond motifs is 1. The van der Waals surface area contributed by atoms with E-state index in [9.17, 15) is 23.1 Å². The van der Waals surface area contributed by atoms with Crippen molar-refractivity contribution in [1.82, 2.24) is 15.5 Å². The van der Waals surface area contributed by atoms with Gasteiger partial charge in [-0.3, -0.25) is 4.79 Å². The number of nitrogens with zero attached hydrogens (tertiary/aromatic N) is 1. The van der Waals surface area contributed by atoms with E-state index in [1.54, 1.807) is 35.4 Å². The van der Waals surface area contributed by atoms with Crippen molar-refractivity contribution in [2.45, 2.75) is 30.7 Å². The van der Waals surface area contributed by atoms with Gasteiger partial charge in [-0.25, -0.2) is 0 Å². The van der Waals surface area contributed by atoms with Crippen LogP contribution in [0, 0.1) is 0 Å². The molecule has 0 bridgehead atoms. The zero-order valence-electron chi connectivity index (χ0n) is 16.1. The second kappa shape index (κ2) is 7.81. The number of aliphatic hydroxyl groups is 1. The van der Waals surface area contributed by atoms with Crippen molar-refractivity contribution in [2.75, 3.05) is 19.8 Å². The molecule has 6 nitrogen and oxygen atoms in total. The largest absolute Gasteiger partial charge is 0.416 e. The molecule has 1 saturated heterocycles. The Balaban J connectivity index is 1.61. The van der Waals surface area contributed by atoms with E-state index in [-0.39, 0.29) is 12.5 Å². The Labute approximate surface area is 171 Å². The molecular weight excluding hydrogens is 399 g/mol. The standard InChI is InChI=1S/C21H22F3N3O3/c22-21(23,24)15-5-3-4-14(12-15)17-16-6-1-2-9-27(16)18(25-17)19(29)26-20(13-28)7-10-30-11-8-20/h1-6,9,12,18,25,28H,7-8,10-11,13H2,(H,26,29). The zero-order valence-corrected chi connectivity index (χ0v) is 16.1. The Morgan fingerprint density at radius 1 is 1.30 bits per heavy atom. The van der Waals surface area contributed by atoms with Crippen LogP contribution in [-0.2, 0) is 15.7 Å². The van der Waals surface area contributed by atoms with Gasteiger partial charge < -0.3 is 25.4 Å². The van der Waals surface area contributed by atoms with Crippen LogP contribution in [0.5, 0.6) is 0 Å². The van der Waals surface area contributed by atoms with Gasteiger partial charge in [0.1, 0.15) is 0 Å². The van der Waals surface area contributed by atoms with Gasteiger partial charge in [0.2, 0.25) is 0 Å². The summed E-state index contributed by atoms with van der Waals surface area (Å²) < 4.78 is 44.8. The van der Waals surface area contributed by atoms with Gasteiger partial charge in [0.15, 0.2) is 6.17 Å². The quantitative estimate of drug-likeness (QED) is 0.696. The van der Waals surface area contributed by atoms with Crippen molar-refractivity contribution < 1.29 is 27.8 Å². The predicted octanol–water partition coefficient (Wildman–Crippen LogP) is 2.35. The third kappa shape index (κ3) is 3.82. The van der Waals surface area contributed by atoms with E-state index in [0.29, 0.717) is 43.0 Å². The van der Waals surface area contributed by atoms with Crippen LogP contribution in [-0.4, -0.2) is 47.4 Å². The monoisotopic (exact) mass is 421 g/mol. The van der Waals surface area contributed by atoms with Crippen molar-refractivity contribution in [3.05, 3.63) is 65.5 Å². The second-order valence-corrected chi connectivity index (χ2v) is 7.53. The Kier molecular flexibility index (Phi) is 5.33. The molecule has 3 aliphatic heterocycles. The first-order chi connectivity index (χ1) is 14.3. The van der Waals surface area contributed by atoms with Crippen molar-refractivity contribution in [1.29, 1.82) is 0 Å². The fourth-order valence-corrected chi connectivity index (χ4v) is 3.86. The Bertz CT molecular complexity index is 918. The SMILES string of the molecule is O=C(NC1(CO)CCOCC1)C1NC(c2cccc(C(F)(F)F)c2)=C2C=CC=CN21.